The van der Waals surface area contributed by atoms with Crippen molar-refractivity contribution < 1.29 is 9.53 Å². The first-order valence-corrected chi connectivity index (χ1v) is 10.6. The SMILES string of the molecule is Cc1c(Oc2ccnc3cc(-n4ccnn4)ccc23)cccc1C(=O)NCC1=CCNC=C1. The Kier molecular flexibility index (Phi) is 5.55. The average molecular weight is 438 g/mol. The smallest absolute Gasteiger partial charge is 0.251 e. The third-order valence-corrected chi connectivity index (χ3v) is 5.47. The van der Waals surface area contributed by atoms with Gasteiger partial charge in [-0.2, -0.15) is 0 Å². The van der Waals surface area contributed by atoms with Gasteiger partial charge in [0.25, 0.3) is 5.91 Å². The third kappa shape index (κ3) is 4.31. The van der Waals surface area contributed by atoms with Crippen molar-refractivity contribution in [3.05, 3.63) is 96.1 Å². The van der Waals surface area contributed by atoms with Crippen LogP contribution in [0.2, 0.25) is 0 Å². The molecule has 0 radical (unpaired) electrons. The number of aromatic nitrogens is 4. The number of ether oxygens (including phenoxy) is 1. The van der Waals surface area contributed by atoms with Crippen LogP contribution < -0.4 is 15.4 Å². The van der Waals surface area contributed by atoms with Crippen molar-refractivity contribution in [2.45, 2.75) is 6.92 Å². The molecule has 0 spiro atoms. The van der Waals surface area contributed by atoms with E-state index in [-0.39, 0.29) is 5.91 Å². The summed E-state index contributed by atoms with van der Waals surface area (Å²) in [4.78, 5) is 17.3. The van der Waals surface area contributed by atoms with Gasteiger partial charge in [-0.05, 0) is 61.2 Å². The van der Waals surface area contributed by atoms with Crippen LogP contribution in [0.25, 0.3) is 16.6 Å². The van der Waals surface area contributed by atoms with Gasteiger partial charge in [0.1, 0.15) is 11.5 Å². The number of hydrogen-bond acceptors (Lipinski definition) is 6. The molecule has 0 fully saturated rings. The van der Waals surface area contributed by atoms with Gasteiger partial charge in [0, 0.05) is 35.8 Å². The summed E-state index contributed by atoms with van der Waals surface area (Å²) in [5.74, 6) is 1.15. The van der Waals surface area contributed by atoms with Crippen LogP contribution in [0.3, 0.4) is 0 Å². The lowest BCUT2D eigenvalue weighted by molar-refractivity contribution is 0.0956. The molecule has 33 heavy (non-hydrogen) atoms. The standard InChI is InChI=1S/C25H22N6O2/c1-17-20(25(32)28-16-18-7-10-26-11-8-18)3-2-4-23(17)33-24-9-12-27-22-15-19(5-6-21(22)24)31-14-13-29-30-31/h2-10,12-15,26H,11,16H2,1H3,(H,28,32). The molecule has 0 saturated carbocycles. The average Bonchev–Trinajstić information content (AvgIpc) is 3.39. The Bertz CT molecular complexity index is 1380. The number of nitrogens with zero attached hydrogens (tertiary/aromatic N) is 4. The molecule has 4 aromatic rings. The quantitative estimate of drug-likeness (QED) is 0.477. The highest BCUT2D eigenvalue weighted by Crippen LogP contribution is 2.32. The van der Waals surface area contributed by atoms with Crippen LogP contribution in [0.4, 0.5) is 0 Å². The number of dihydropyridines is 1. The van der Waals surface area contributed by atoms with E-state index in [1.165, 1.54) is 0 Å². The van der Waals surface area contributed by atoms with Crippen LogP contribution in [-0.2, 0) is 0 Å². The lowest BCUT2D eigenvalue weighted by Gasteiger charge is -2.15. The number of hydrogen-bond donors (Lipinski definition) is 2. The van der Waals surface area contributed by atoms with Gasteiger partial charge in [0.2, 0.25) is 0 Å². The number of fused-ring (bicyclic) bond motifs is 1. The van der Waals surface area contributed by atoms with E-state index in [0.717, 1.165) is 34.3 Å². The van der Waals surface area contributed by atoms with E-state index in [1.807, 2.05) is 55.6 Å². The molecule has 2 aromatic heterocycles. The van der Waals surface area contributed by atoms with Crippen LogP contribution in [-0.4, -0.2) is 39.0 Å². The zero-order valence-corrected chi connectivity index (χ0v) is 18.0. The molecule has 0 aliphatic carbocycles. The molecule has 5 rings (SSSR count). The fraction of sp³-hybridized carbons (Fsp3) is 0.120. The molecule has 8 nitrogen and oxygen atoms in total. The summed E-state index contributed by atoms with van der Waals surface area (Å²) in [6.07, 6.45) is 11.0. The summed E-state index contributed by atoms with van der Waals surface area (Å²) in [6, 6.07) is 13.1. The molecule has 1 aliphatic heterocycles. The molecular weight excluding hydrogens is 416 g/mol. The summed E-state index contributed by atoms with van der Waals surface area (Å²) in [5.41, 5.74) is 4.06. The summed E-state index contributed by atoms with van der Waals surface area (Å²) < 4.78 is 7.93. The Labute approximate surface area is 190 Å². The number of rotatable bonds is 6. The van der Waals surface area contributed by atoms with Crippen LogP contribution in [0.5, 0.6) is 11.5 Å². The van der Waals surface area contributed by atoms with E-state index in [0.29, 0.717) is 23.6 Å². The van der Waals surface area contributed by atoms with E-state index in [2.05, 4.69) is 32.0 Å². The van der Waals surface area contributed by atoms with E-state index in [1.54, 1.807) is 29.3 Å². The molecule has 8 heteroatoms. The molecule has 164 valence electrons. The minimum absolute atomic E-state index is 0.136. The van der Waals surface area contributed by atoms with Gasteiger partial charge in [-0.1, -0.05) is 17.4 Å². The Morgan fingerprint density at radius 1 is 1.18 bits per heavy atom. The molecule has 1 aliphatic rings. The zero-order chi connectivity index (χ0) is 22.6. The molecule has 3 heterocycles. The number of benzene rings is 2. The third-order valence-electron chi connectivity index (χ3n) is 5.47. The maximum atomic E-state index is 12.8. The number of carbonyl (C=O) groups excluding carboxylic acids is 1. The van der Waals surface area contributed by atoms with Crippen molar-refractivity contribution in [1.82, 2.24) is 30.6 Å². The van der Waals surface area contributed by atoms with Gasteiger partial charge in [-0.25, -0.2) is 4.68 Å². The van der Waals surface area contributed by atoms with Crippen LogP contribution in [0.1, 0.15) is 15.9 Å². The van der Waals surface area contributed by atoms with Crippen molar-refractivity contribution in [3.8, 4) is 17.2 Å². The predicted molar refractivity (Wildman–Crippen MR) is 125 cm³/mol. The topological polar surface area (TPSA) is 94.0 Å². The van der Waals surface area contributed by atoms with Crippen molar-refractivity contribution in [1.29, 1.82) is 0 Å². The second-order valence-corrected chi connectivity index (χ2v) is 7.59. The van der Waals surface area contributed by atoms with Crippen molar-refractivity contribution in [3.63, 3.8) is 0 Å². The van der Waals surface area contributed by atoms with Gasteiger partial charge in [0.15, 0.2) is 0 Å². The summed E-state index contributed by atoms with van der Waals surface area (Å²) >= 11 is 0. The Morgan fingerprint density at radius 2 is 2.12 bits per heavy atom. The second-order valence-electron chi connectivity index (χ2n) is 7.59. The van der Waals surface area contributed by atoms with E-state index >= 15 is 0 Å². The van der Waals surface area contributed by atoms with Gasteiger partial charge in [0.05, 0.1) is 23.6 Å². The molecule has 2 aromatic carbocycles. The van der Waals surface area contributed by atoms with E-state index < -0.39 is 0 Å². The highest BCUT2D eigenvalue weighted by Gasteiger charge is 2.14. The lowest BCUT2D eigenvalue weighted by Crippen LogP contribution is -2.27. The highest BCUT2D eigenvalue weighted by molar-refractivity contribution is 5.96. The largest absolute Gasteiger partial charge is 0.456 e. The highest BCUT2D eigenvalue weighted by atomic mass is 16.5. The van der Waals surface area contributed by atoms with Crippen molar-refractivity contribution >= 4 is 16.8 Å². The van der Waals surface area contributed by atoms with Gasteiger partial charge < -0.3 is 15.4 Å². The molecule has 0 unspecified atom stereocenters. The van der Waals surface area contributed by atoms with E-state index in [4.69, 9.17) is 4.74 Å². The number of nitrogens with one attached hydrogen (secondary N) is 2. The van der Waals surface area contributed by atoms with Crippen LogP contribution >= 0.6 is 0 Å². The Hall–Kier alpha value is -4.46. The lowest BCUT2D eigenvalue weighted by atomic mass is 10.1. The molecular formula is C25H22N6O2. The van der Waals surface area contributed by atoms with Gasteiger partial charge >= 0.3 is 0 Å². The zero-order valence-electron chi connectivity index (χ0n) is 18.0. The minimum atomic E-state index is -0.136. The monoisotopic (exact) mass is 438 g/mol. The minimum Gasteiger partial charge on any atom is -0.456 e. The molecule has 0 bridgehead atoms. The maximum Gasteiger partial charge on any atom is 0.251 e. The normalized spacial score (nSPS) is 12.8. The number of amides is 1. The van der Waals surface area contributed by atoms with Crippen molar-refractivity contribution in [2.24, 2.45) is 0 Å². The molecule has 2 N–H and O–H groups in total. The predicted octanol–water partition coefficient (Wildman–Crippen LogP) is 3.69. The molecule has 0 saturated heterocycles. The van der Waals surface area contributed by atoms with E-state index in [9.17, 15) is 4.79 Å². The molecule has 1 amide bonds. The van der Waals surface area contributed by atoms with Crippen LogP contribution in [0, 0.1) is 6.92 Å². The summed E-state index contributed by atoms with van der Waals surface area (Å²) in [6.45, 7) is 3.13. The fourth-order valence-electron chi connectivity index (χ4n) is 3.68. The fourth-order valence-corrected chi connectivity index (χ4v) is 3.68. The van der Waals surface area contributed by atoms with Gasteiger partial charge in [-0.15, -0.1) is 5.10 Å². The number of pyridine rings is 1. The molecule has 0 atom stereocenters. The first-order valence-electron chi connectivity index (χ1n) is 10.6. The first-order chi connectivity index (χ1) is 16.2. The van der Waals surface area contributed by atoms with Gasteiger partial charge in [-0.3, -0.25) is 9.78 Å². The van der Waals surface area contributed by atoms with Crippen molar-refractivity contribution in [2.75, 3.05) is 13.1 Å². The van der Waals surface area contributed by atoms with Crippen LogP contribution in [0.15, 0.2) is 85.0 Å². The number of carbonyl (C=O) groups is 1. The maximum absolute atomic E-state index is 12.8. The second kappa shape index (κ2) is 8.96. The first kappa shape index (κ1) is 20.4. The Morgan fingerprint density at radius 3 is 2.94 bits per heavy atom. The summed E-state index contributed by atoms with van der Waals surface area (Å²) in [5, 5.41) is 14.8. The Balaban J connectivity index is 1.38. The summed E-state index contributed by atoms with van der Waals surface area (Å²) in [7, 11) is 0.